The van der Waals surface area contributed by atoms with Gasteiger partial charge < -0.3 is 19.9 Å². The summed E-state index contributed by atoms with van der Waals surface area (Å²) in [5, 5.41) is 11.9. The minimum atomic E-state index is -1.12. The maximum Gasteiger partial charge on any atom is 0.408 e. The highest BCUT2D eigenvalue weighted by Gasteiger charge is 2.25. The number of hydrogen-bond acceptors (Lipinski definition) is 4. The molecule has 2 N–H and O–H groups in total. The summed E-state index contributed by atoms with van der Waals surface area (Å²) in [5.74, 6) is -0.463. The first-order valence-corrected chi connectivity index (χ1v) is 9.16. The van der Waals surface area contributed by atoms with Crippen LogP contribution < -0.4 is 10.1 Å². The van der Waals surface area contributed by atoms with Gasteiger partial charge >= 0.3 is 12.1 Å². The molecule has 0 aliphatic heterocycles. The number of unbranched alkanes of at least 4 members (excludes halogenated alkanes) is 3. The number of hydrogen-bond donors (Lipinski definition) is 2. The molecule has 146 valence electrons. The van der Waals surface area contributed by atoms with E-state index < -0.39 is 23.7 Å². The van der Waals surface area contributed by atoms with Gasteiger partial charge in [-0.25, -0.2) is 9.59 Å². The molecule has 1 atom stereocenters. The van der Waals surface area contributed by atoms with Crippen LogP contribution in [0, 0.1) is 0 Å². The highest BCUT2D eigenvalue weighted by atomic mass is 16.6. The molecule has 1 aromatic rings. The van der Waals surface area contributed by atoms with Gasteiger partial charge in [-0.2, -0.15) is 0 Å². The summed E-state index contributed by atoms with van der Waals surface area (Å²) in [5.41, 5.74) is 0.0542. The maximum atomic E-state index is 11.9. The van der Waals surface area contributed by atoms with Crippen molar-refractivity contribution in [3.63, 3.8) is 0 Å². The van der Waals surface area contributed by atoms with Crippen molar-refractivity contribution in [1.29, 1.82) is 0 Å². The fourth-order valence-corrected chi connectivity index (χ4v) is 2.39. The summed E-state index contributed by atoms with van der Waals surface area (Å²) in [6.45, 7) is 7.92. The molecular weight excluding hydrogens is 334 g/mol. The molecule has 26 heavy (non-hydrogen) atoms. The highest BCUT2D eigenvalue weighted by molar-refractivity contribution is 5.80. The number of carbonyl (C=O) groups excluding carboxylic acids is 1. The number of alkyl carbamates (subject to hydrolysis) is 1. The molecular formula is C20H31NO5. The van der Waals surface area contributed by atoms with Crippen LogP contribution in [-0.4, -0.2) is 35.4 Å². The Balaban J connectivity index is 2.70. The van der Waals surface area contributed by atoms with Crippen LogP contribution in [0.2, 0.25) is 0 Å². The first kappa shape index (κ1) is 21.8. The molecule has 1 amide bonds. The molecule has 6 nitrogen and oxygen atoms in total. The topological polar surface area (TPSA) is 84.9 Å². The number of aliphatic carboxylic acids is 1. The maximum absolute atomic E-state index is 11.9. The van der Waals surface area contributed by atoms with Crippen LogP contribution in [0.15, 0.2) is 24.3 Å². The van der Waals surface area contributed by atoms with Gasteiger partial charge in [-0.3, -0.25) is 0 Å². The Labute approximate surface area is 155 Å². The van der Waals surface area contributed by atoms with Gasteiger partial charge in [0.25, 0.3) is 0 Å². The van der Waals surface area contributed by atoms with Gasteiger partial charge in [-0.05, 0) is 38.8 Å². The molecule has 0 saturated heterocycles. The van der Waals surface area contributed by atoms with E-state index in [1.807, 2.05) is 24.3 Å². The fourth-order valence-electron chi connectivity index (χ4n) is 2.39. The smallest absolute Gasteiger partial charge is 0.408 e. The predicted molar refractivity (Wildman–Crippen MR) is 101 cm³/mol. The lowest BCUT2D eigenvalue weighted by molar-refractivity contribution is -0.139. The van der Waals surface area contributed by atoms with E-state index in [1.165, 1.54) is 6.42 Å². The lowest BCUT2D eigenvalue weighted by atomic mass is 10.0. The number of para-hydroxylation sites is 1. The van der Waals surface area contributed by atoms with Gasteiger partial charge in [-0.1, -0.05) is 44.4 Å². The van der Waals surface area contributed by atoms with Crippen molar-refractivity contribution >= 4 is 12.1 Å². The zero-order chi connectivity index (χ0) is 19.6. The van der Waals surface area contributed by atoms with Crippen molar-refractivity contribution in [2.24, 2.45) is 0 Å². The van der Waals surface area contributed by atoms with Crippen LogP contribution in [0.4, 0.5) is 4.79 Å². The number of rotatable bonds is 10. The third-order valence-electron chi connectivity index (χ3n) is 3.64. The van der Waals surface area contributed by atoms with Crippen molar-refractivity contribution < 1.29 is 24.2 Å². The zero-order valence-corrected chi connectivity index (χ0v) is 16.2. The Kier molecular flexibility index (Phi) is 8.96. The first-order chi connectivity index (χ1) is 12.2. The average molecular weight is 365 g/mol. The summed E-state index contributed by atoms with van der Waals surface area (Å²) in [7, 11) is 0. The molecule has 0 bridgehead atoms. The van der Waals surface area contributed by atoms with Crippen LogP contribution in [0.1, 0.15) is 58.9 Å². The van der Waals surface area contributed by atoms with Gasteiger partial charge in [0, 0.05) is 6.42 Å². The van der Waals surface area contributed by atoms with Gasteiger partial charge in [0.1, 0.15) is 17.4 Å². The van der Waals surface area contributed by atoms with Crippen LogP contribution in [0.5, 0.6) is 5.75 Å². The summed E-state index contributed by atoms with van der Waals surface area (Å²) in [6.07, 6.45) is 3.78. The molecule has 0 fully saturated rings. The molecule has 1 unspecified atom stereocenters. The Morgan fingerprint density at radius 1 is 1.15 bits per heavy atom. The van der Waals surface area contributed by atoms with Gasteiger partial charge in [0.2, 0.25) is 0 Å². The average Bonchev–Trinajstić information content (AvgIpc) is 2.53. The first-order valence-electron chi connectivity index (χ1n) is 9.16. The van der Waals surface area contributed by atoms with Gasteiger partial charge in [-0.15, -0.1) is 0 Å². The number of nitrogens with one attached hydrogen (secondary N) is 1. The van der Waals surface area contributed by atoms with Crippen molar-refractivity contribution in [2.75, 3.05) is 6.61 Å². The monoisotopic (exact) mass is 365 g/mol. The van der Waals surface area contributed by atoms with Crippen molar-refractivity contribution in [3.05, 3.63) is 29.8 Å². The van der Waals surface area contributed by atoms with Crippen LogP contribution in [-0.2, 0) is 16.0 Å². The number of ether oxygens (including phenoxy) is 2. The lowest BCUT2D eigenvalue weighted by Crippen LogP contribution is -2.44. The molecule has 0 aliphatic rings. The largest absolute Gasteiger partial charge is 0.493 e. The number of carboxylic acids is 1. The SMILES string of the molecule is CCCCCCOc1ccccc1CC(NC(=O)OC(C)(C)C)C(=O)O. The molecule has 1 rings (SSSR count). The van der Waals surface area contributed by atoms with Crippen LogP contribution >= 0.6 is 0 Å². The van der Waals surface area contributed by atoms with E-state index in [9.17, 15) is 14.7 Å². The third-order valence-corrected chi connectivity index (χ3v) is 3.64. The Morgan fingerprint density at radius 3 is 2.46 bits per heavy atom. The Bertz CT molecular complexity index is 580. The van der Waals surface area contributed by atoms with Gasteiger partial charge in [0.05, 0.1) is 6.61 Å². The Morgan fingerprint density at radius 2 is 1.85 bits per heavy atom. The minimum absolute atomic E-state index is 0.125. The number of amides is 1. The molecule has 0 heterocycles. The highest BCUT2D eigenvalue weighted by Crippen LogP contribution is 2.20. The number of carbonyl (C=O) groups is 2. The van der Waals surface area contributed by atoms with E-state index in [0.717, 1.165) is 24.8 Å². The minimum Gasteiger partial charge on any atom is -0.493 e. The lowest BCUT2D eigenvalue weighted by Gasteiger charge is -2.22. The van der Waals surface area contributed by atoms with E-state index >= 15 is 0 Å². The third kappa shape index (κ3) is 8.74. The zero-order valence-electron chi connectivity index (χ0n) is 16.2. The van der Waals surface area contributed by atoms with Crippen molar-refractivity contribution in [2.45, 2.75) is 71.4 Å². The fraction of sp³-hybridized carbons (Fsp3) is 0.600. The standard InChI is InChI=1S/C20H31NO5/c1-5-6-7-10-13-25-17-12-9-8-11-15(17)14-16(18(22)23)21-19(24)26-20(2,3)4/h8-9,11-12,16H,5-7,10,13-14H2,1-4H3,(H,21,24)(H,22,23). The number of benzene rings is 1. The second-order valence-corrected chi connectivity index (χ2v) is 7.26. The van der Waals surface area contributed by atoms with E-state index in [-0.39, 0.29) is 6.42 Å². The summed E-state index contributed by atoms with van der Waals surface area (Å²) >= 11 is 0. The Hall–Kier alpha value is -2.24. The molecule has 0 saturated carbocycles. The quantitative estimate of drug-likeness (QED) is 0.608. The van der Waals surface area contributed by atoms with Crippen molar-refractivity contribution in [3.8, 4) is 5.75 Å². The predicted octanol–water partition coefficient (Wildman–Crippen LogP) is 4.17. The van der Waals surface area contributed by atoms with Crippen LogP contribution in [0.25, 0.3) is 0 Å². The van der Waals surface area contributed by atoms with E-state index in [2.05, 4.69) is 12.2 Å². The molecule has 0 aromatic heterocycles. The summed E-state index contributed by atoms with van der Waals surface area (Å²) < 4.78 is 11.0. The van der Waals surface area contributed by atoms with Crippen LogP contribution in [0.3, 0.4) is 0 Å². The van der Waals surface area contributed by atoms with E-state index in [1.54, 1.807) is 20.8 Å². The van der Waals surface area contributed by atoms with E-state index in [0.29, 0.717) is 12.4 Å². The molecule has 1 aromatic carbocycles. The second-order valence-electron chi connectivity index (χ2n) is 7.26. The molecule has 6 heteroatoms. The molecule has 0 spiro atoms. The molecule has 0 aliphatic carbocycles. The van der Waals surface area contributed by atoms with Crippen molar-refractivity contribution in [1.82, 2.24) is 5.32 Å². The summed E-state index contributed by atoms with van der Waals surface area (Å²) in [6, 6.07) is 6.22. The van der Waals surface area contributed by atoms with E-state index in [4.69, 9.17) is 9.47 Å². The summed E-state index contributed by atoms with van der Waals surface area (Å²) in [4.78, 5) is 23.4. The number of carboxylic acid groups (broad SMARTS) is 1. The van der Waals surface area contributed by atoms with Gasteiger partial charge in [0.15, 0.2) is 0 Å². The molecule has 0 radical (unpaired) electrons. The second kappa shape index (κ2) is 10.7. The normalized spacial score (nSPS) is 12.3.